The molecule has 0 aliphatic carbocycles. The second-order valence-corrected chi connectivity index (χ2v) is 5.29. The maximum Gasteiger partial charge on any atom is 0.394 e. The highest BCUT2D eigenvalue weighted by atomic mass is 19.4. The van der Waals surface area contributed by atoms with Crippen LogP contribution in [0.25, 0.3) is 11.3 Å². The molecule has 0 saturated carbocycles. The number of aromatic nitrogens is 3. The van der Waals surface area contributed by atoms with Gasteiger partial charge in [-0.15, -0.1) is 0 Å². The summed E-state index contributed by atoms with van der Waals surface area (Å²) < 4.78 is 48.2. The molecular formula is C18H14F3N3O2. The molecule has 26 heavy (non-hydrogen) atoms. The van der Waals surface area contributed by atoms with E-state index in [1.165, 1.54) is 30.7 Å². The molecule has 5 nitrogen and oxygen atoms in total. The van der Waals surface area contributed by atoms with Gasteiger partial charge in [0, 0.05) is 23.7 Å². The lowest BCUT2D eigenvalue weighted by Crippen LogP contribution is -2.12. The first-order valence-electron chi connectivity index (χ1n) is 7.60. The number of ether oxygens (including phenoxy) is 2. The van der Waals surface area contributed by atoms with Gasteiger partial charge >= 0.3 is 6.18 Å². The third-order valence-electron chi connectivity index (χ3n) is 3.42. The van der Waals surface area contributed by atoms with Crippen molar-refractivity contribution in [2.45, 2.75) is 12.6 Å². The maximum atomic E-state index is 12.4. The fraction of sp³-hybridized carbons (Fsp3) is 0.167. The fourth-order valence-corrected chi connectivity index (χ4v) is 2.32. The Balaban J connectivity index is 1.87. The Morgan fingerprint density at radius 2 is 1.73 bits per heavy atom. The lowest BCUT2D eigenvalue weighted by atomic mass is 10.1. The van der Waals surface area contributed by atoms with Gasteiger partial charge in [0.15, 0.2) is 0 Å². The van der Waals surface area contributed by atoms with Crippen LogP contribution in [0, 0.1) is 0 Å². The van der Waals surface area contributed by atoms with Crippen molar-refractivity contribution in [1.29, 1.82) is 0 Å². The molecule has 0 aliphatic rings. The highest BCUT2D eigenvalue weighted by molar-refractivity contribution is 5.71. The van der Waals surface area contributed by atoms with Crippen molar-refractivity contribution in [3.63, 3.8) is 0 Å². The van der Waals surface area contributed by atoms with Gasteiger partial charge in [-0.3, -0.25) is 4.98 Å². The summed E-state index contributed by atoms with van der Waals surface area (Å²) in [5.74, 6) is 1.05. The average molecular weight is 361 g/mol. The highest BCUT2D eigenvalue weighted by Gasteiger charge is 2.28. The van der Waals surface area contributed by atoms with Crippen molar-refractivity contribution < 1.29 is 22.6 Å². The molecule has 0 spiro atoms. The third kappa shape index (κ3) is 4.27. The molecule has 2 aromatic heterocycles. The second kappa shape index (κ2) is 7.38. The minimum atomic E-state index is -4.31. The fourth-order valence-electron chi connectivity index (χ4n) is 2.32. The van der Waals surface area contributed by atoms with E-state index >= 15 is 0 Å². The lowest BCUT2D eigenvalue weighted by molar-refractivity contribution is -0.127. The first kappa shape index (κ1) is 17.7. The van der Waals surface area contributed by atoms with Crippen LogP contribution < -0.4 is 9.47 Å². The Hall–Kier alpha value is -3.16. The predicted octanol–water partition coefficient (Wildman–Crippen LogP) is 4.44. The lowest BCUT2D eigenvalue weighted by Gasteiger charge is -2.12. The third-order valence-corrected chi connectivity index (χ3v) is 3.42. The average Bonchev–Trinajstić information content (AvgIpc) is 2.63. The van der Waals surface area contributed by atoms with Gasteiger partial charge < -0.3 is 9.47 Å². The van der Waals surface area contributed by atoms with Crippen LogP contribution in [0.4, 0.5) is 13.2 Å². The molecule has 0 amide bonds. The minimum absolute atomic E-state index is 0.0889. The van der Waals surface area contributed by atoms with Crippen molar-refractivity contribution in [2.75, 3.05) is 7.11 Å². The first-order chi connectivity index (χ1) is 12.5. The van der Waals surface area contributed by atoms with Crippen LogP contribution in [0.1, 0.15) is 5.69 Å². The topological polar surface area (TPSA) is 57.1 Å². The summed E-state index contributed by atoms with van der Waals surface area (Å²) >= 11 is 0. The molecule has 0 bridgehead atoms. The van der Waals surface area contributed by atoms with Gasteiger partial charge in [-0.05, 0) is 24.3 Å². The van der Waals surface area contributed by atoms with Gasteiger partial charge in [0.25, 0.3) is 0 Å². The molecular weight excluding hydrogens is 347 g/mol. The molecule has 0 N–H and O–H groups in total. The first-order valence-corrected chi connectivity index (χ1v) is 7.60. The molecule has 0 fully saturated rings. The summed E-state index contributed by atoms with van der Waals surface area (Å²) in [6, 6.07) is 9.91. The number of alkyl halides is 3. The van der Waals surface area contributed by atoms with Crippen molar-refractivity contribution >= 4 is 0 Å². The zero-order chi connectivity index (χ0) is 18.6. The van der Waals surface area contributed by atoms with Crippen LogP contribution in [0.15, 0.2) is 55.0 Å². The van der Waals surface area contributed by atoms with Crippen LogP contribution >= 0.6 is 0 Å². The molecule has 0 atom stereocenters. The summed E-state index contributed by atoms with van der Waals surface area (Å²) in [5, 5.41) is 0. The molecule has 0 unspecified atom stereocenters. The van der Waals surface area contributed by atoms with Crippen molar-refractivity contribution in [3.05, 3.63) is 60.7 Å². The number of halogens is 3. The van der Waals surface area contributed by atoms with Gasteiger partial charge in [-0.1, -0.05) is 12.1 Å². The molecule has 0 radical (unpaired) electrons. The zero-order valence-corrected chi connectivity index (χ0v) is 13.7. The Kier molecular flexibility index (Phi) is 5.01. The molecule has 0 saturated heterocycles. The molecule has 3 rings (SSSR count). The largest absolute Gasteiger partial charge is 0.496 e. The van der Waals surface area contributed by atoms with Crippen LogP contribution in [0.5, 0.6) is 17.4 Å². The summed E-state index contributed by atoms with van der Waals surface area (Å²) in [6.07, 6.45) is -1.21. The highest BCUT2D eigenvalue weighted by Crippen LogP contribution is 2.35. The van der Waals surface area contributed by atoms with Crippen LogP contribution in [-0.4, -0.2) is 28.2 Å². The van der Waals surface area contributed by atoms with E-state index in [1.54, 1.807) is 19.2 Å². The normalized spacial score (nSPS) is 11.2. The Morgan fingerprint density at radius 3 is 2.42 bits per heavy atom. The van der Waals surface area contributed by atoms with Crippen molar-refractivity contribution in [1.82, 2.24) is 15.0 Å². The number of benzene rings is 1. The van der Waals surface area contributed by atoms with E-state index < -0.39 is 12.6 Å². The molecule has 134 valence electrons. The number of pyridine rings is 1. The van der Waals surface area contributed by atoms with Crippen molar-refractivity contribution in [2.24, 2.45) is 0 Å². The summed E-state index contributed by atoms with van der Waals surface area (Å²) in [7, 11) is 1.54. The smallest absolute Gasteiger partial charge is 0.394 e. The Bertz CT molecular complexity index is 883. The number of hydrogen-bond acceptors (Lipinski definition) is 5. The second-order valence-electron chi connectivity index (χ2n) is 5.29. The van der Waals surface area contributed by atoms with Gasteiger partial charge in [-0.25, -0.2) is 9.97 Å². The number of para-hydroxylation sites is 1. The molecule has 0 aliphatic heterocycles. The van der Waals surface area contributed by atoms with Crippen LogP contribution in [-0.2, 0) is 6.42 Å². The molecule has 8 heteroatoms. The minimum Gasteiger partial charge on any atom is -0.496 e. The van der Waals surface area contributed by atoms with Gasteiger partial charge in [0.1, 0.15) is 17.2 Å². The molecule has 3 aromatic rings. The number of rotatable bonds is 5. The van der Waals surface area contributed by atoms with E-state index in [2.05, 4.69) is 15.0 Å². The van der Waals surface area contributed by atoms with Crippen LogP contribution in [0.3, 0.4) is 0 Å². The van der Waals surface area contributed by atoms with E-state index in [0.717, 1.165) is 0 Å². The number of methoxy groups -OCH3 is 1. The van der Waals surface area contributed by atoms with E-state index in [-0.39, 0.29) is 17.3 Å². The Labute approximate surface area is 147 Å². The van der Waals surface area contributed by atoms with Crippen molar-refractivity contribution in [3.8, 4) is 28.6 Å². The quantitative estimate of drug-likeness (QED) is 0.672. The summed E-state index contributed by atoms with van der Waals surface area (Å²) in [5.41, 5.74) is 1.04. The van der Waals surface area contributed by atoms with E-state index in [1.807, 2.05) is 12.1 Å². The van der Waals surface area contributed by atoms with Gasteiger partial charge in [-0.2, -0.15) is 13.2 Å². The van der Waals surface area contributed by atoms with E-state index in [4.69, 9.17) is 9.47 Å². The number of hydrogen-bond donors (Lipinski definition) is 0. The van der Waals surface area contributed by atoms with E-state index in [0.29, 0.717) is 17.0 Å². The standard InChI is InChI=1S/C18H14F3N3O2/c1-25-15-5-3-2-4-14(15)16-17(23-9-8-22-16)26-13-7-6-12(24-11-13)10-18(19,20)21/h2-9,11H,10H2,1H3. The predicted molar refractivity (Wildman–Crippen MR) is 88.1 cm³/mol. The van der Waals surface area contributed by atoms with Gasteiger partial charge in [0.05, 0.1) is 19.7 Å². The molecule has 1 aromatic carbocycles. The summed E-state index contributed by atoms with van der Waals surface area (Å²) in [4.78, 5) is 12.2. The Morgan fingerprint density at radius 1 is 0.962 bits per heavy atom. The SMILES string of the molecule is COc1ccccc1-c1nccnc1Oc1ccc(CC(F)(F)F)nc1. The van der Waals surface area contributed by atoms with Gasteiger partial charge in [0.2, 0.25) is 5.88 Å². The van der Waals surface area contributed by atoms with E-state index in [9.17, 15) is 13.2 Å². The summed E-state index contributed by atoms with van der Waals surface area (Å²) in [6.45, 7) is 0. The zero-order valence-electron chi connectivity index (χ0n) is 13.7. The monoisotopic (exact) mass is 361 g/mol. The van der Waals surface area contributed by atoms with Crippen LogP contribution in [0.2, 0.25) is 0 Å². The maximum absolute atomic E-state index is 12.4. The molecule has 2 heterocycles. The number of nitrogens with zero attached hydrogens (tertiary/aromatic N) is 3.